The van der Waals surface area contributed by atoms with E-state index in [0.29, 0.717) is 0 Å². The van der Waals surface area contributed by atoms with Gasteiger partial charge in [-0.1, -0.05) is 18.2 Å². The molecule has 5 nitrogen and oxygen atoms in total. The van der Waals surface area contributed by atoms with Crippen LogP contribution in [0.25, 0.3) is 6.08 Å². The van der Waals surface area contributed by atoms with Gasteiger partial charge in [-0.25, -0.2) is 4.79 Å². The zero-order chi connectivity index (χ0) is 16.3. The quantitative estimate of drug-likeness (QED) is 0.526. The summed E-state index contributed by atoms with van der Waals surface area (Å²) in [7, 11) is 3.89. The van der Waals surface area contributed by atoms with Crippen molar-refractivity contribution in [3.63, 3.8) is 0 Å². The van der Waals surface area contributed by atoms with E-state index in [4.69, 9.17) is 4.74 Å². The van der Waals surface area contributed by atoms with Crippen molar-refractivity contribution in [1.82, 2.24) is 0 Å². The van der Waals surface area contributed by atoms with E-state index < -0.39 is 17.9 Å². The van der Waals surface area contributed by atoms with Gasteiger partial charge in [-0.3, -0.25) is 4.79 Å². The molecule has 1 aromatic rings. The van der Waals surface area contributed by atoms with Crippen LogP contribution in [0.15, 0.2) is 41.7 Å². The first-order chi connectivity index (χ1) is 10.4. The highest BCUT2D eigenvalue weighted by Gasteiger charge is 2.30. The van der Waals surface area contributed by atoms with E-state index in [0.717, 1.165) is 11.3 Å². The number of carbonyl (C=O) groups excluding carboxylic acids is 2. The number of aliphatic hydroxyl groups is 1. The van der Waals surface area contributed by atoms with Crippen LogP contribution in [0.5, 0.6) is 0 Å². The van der Waals surface area contributed by atoms with E-state index in [-0.39, 0.29) is 17.8 Å². The van der Waals surface area contributed by atoms with Crippen molar-refractivity contribution in [2.45, 2.75) is 19.4 Å². The fourth-order valence-corrected chi connectivity index (χ4v) is 2.16. The number of ether oxygens (including phenoxy) is 1. The number of esters is 1. The molecule has 5 heteroatoms. The summed E-state index contributed by atoms with van der Waals surface area (Å²) in [6.45, 7) is 1.66. The van der Waals surface area contributed by atoms with Gasteiger partial charge in [0.05, 0.1) is 0 Å². The molecule has 1 aromatic carbocycles. The molecule has 1 aliphatic rings. The van der Waals surface area contributed by atoms with E-state index in [9.17, 15) is 14.7 Å². The lowest BCUT2D eigenvalue weighted by molar-refractivity contribution is -0.146. The molecule has 0 aliphatic carbocycles. The van der Waals surface area contributed by atoms with E-state index in [1.807, 2.05) is 43.3 Å². The largest absolute Gasteiger partial charge is 0.511 e. The number of hydrogen-bond acceptors (Lipinski definition) is 5. The van der Waals surface area contributed by atoms with E-state index in [1.165, 1.54) is 6.08 Å². The molecule has 0 saturated heterocycles. The molecular weight excluding hydrogens is 282 g/mol. The third kappa shape index (κ3) is 3.55. The minimum absolute atomic E-state index is 0.165. The highest BCUT2D eigenvalue weighted by Crippen LogP contribution is 2.21. The average Bonchev–Trinajstić information content (AvgIpc) is 2.44. The molecule has 0 aromatic heterocycles. The zero-order valence-electron chi connectivity index (χ0n) is 12.9. The summed E-state index contributed by atoms with van der Waals surface area (Å²) in [5.74, 6) is -1.53. The number of rotatable bonds is 4. The Balaban J connectivity index is 2.14. The fraction of sp³-hybridized carbons (Fsp3) is 0.294. The van der Waals surface area contributed by atoms with Gasteiger partial charge in [0, 0.05) is 26.2 Å². The van der Waals surface area contributed by atoms with Gasteiger partial charge in [0.1, 0.15) is 17.4 Å². The lowest BCUT2D eigenvalue weighted by Gasteiger charge is -2.19. The molecule has 22 heavy (non-hydrogen) atoms. The maximum atomic E-state index is 12.1. The summed E-state index contributed by atoms with van der Waals surface area (Å²) in [4.78, 5) is 25.7. The molecule has 1 N–H and O–H groups in total. The van der Waals surface area contributed by atoms with Crippen molar-refractivity contribution in [3.8, 4) is 0 Å². The van der Waals surface area contributed by atoms with Crippen LogP contribution < -0.4 is 4.90 Å². The number of allylic oxidation sites excluding steroid dienone is 1. The van der Waals surface area contributed by atoms with E-state index >= 15 is 0 Å². The third-order valence-corrected chi connectivity index (χ3v) is 3.36. The van der Waals surface area contributed by atoms with Gasteiger partial charge in [0.25, 0.3) is 0 Å². The maximum Gasteiger partial charge on any atom is 0.345 e. The molecule has 0 bridgehead atoms. The number of hydrogen-bond donors (Lipinski definition) is 1. The molecule has 2 rings (SSSR count). The minimum atomic E-state index is -0.770. The number of anilines is 1. The van der Waals surface area contributed by atoms with Crippen LogP contribution in [0.2, 0.25) is 0 Å². The molecule has 1 unspecified atom stereocenters. The summed E-state index contributed by atoms with van der Waals surface area (Å²) in [6.07, 6.45) is 2.63. The number of nitrogens with zero attached hydrogens (tertiary/aromatic N) is 1. The Morgan fingerprint density at radius 1 is 1.32 bits per heavy atom. The molecule has 0 fully saturated rings. The van der Waals surface area contributed by atoms with Gasteiger partial charge < -0.3 is 14.7 Å². The summed E-state index contributed by atoms with van der Waals surface area (Å²) in [5, 5.41) is 9.79. The fourth-order valence-electron chi connectivity index (χ4n) is 2.16. The molecule has 0 radical (unpaired) electrons. The third-order valence-electron chi connectivity index (χ3n) is 3.36. The second-order valence-electron chi connectivity index (χ2n) is 5.43. The molecule has 116 valence electrons. The van der Waals surface area contributed by atoms with Crippen LogP contribution in [-0.4, -0.2) is 37.1 Å². The molecule has 0 amide bonds. The van der Waals surface area contributed by atoms with Crippen molar-refractivity contribution in [2.24, 2.45) is 0 Å². The van der Waals surface area contributed by atoms with Crippen molar-refractivity contribution in [2.75, 3.05) is 19.0 Å². The molecule has 1 atom stereocenters. The number of ketones is 1. The van der Waals surface area contributed by atoms with E-state index in [1.54, 1.807) is 13.0 Å². The predicted molar refractivity (Wildman–Crippen MR) is 84.6 cm³/mol. The summed E-state index contributed by atoms with van der Waals surface area (Å²) in [6, 6.07) is 7.60. The van der Waals surface area contributed by atoms with Gasteiger partial charge in [0.2, 0.25) is 0 Å². The monoisotopic (exact) mass is 301 g/mol. The maximum absolute atomic E-state index is 12.1. The van der Waals surface area contributed by atoms with Crippen LogP contribution in [0.1, 0.15) is 18.9 Å². The average molecular weight is 301 g/mol. The Morgan fingerprint density at radius 3 is 2.50 bits per heavy atom. The van der Waals surface area contributed by atoms with Gasteiger partial charge in [0.15, 0.2) is 5.78 Å². The van der Waals surface area contributed by atoms with Crippen LogP contribution in [0.3, 0.4) is 0 Å². The second-order valence-corrected chi connectivity index (χ2v) is 5.43. The number of aliphatic hydroxyl groups excluding tert-OH is 1. The summed E-state index contributed by atoms with van der Waals surface area (Å²) in [5.41, 5.74) is 1.60. The Hall–Kier alpha value is -2.56. The van der Waals surface area contributed by atoms with E-state index in [2.05, 4.69) is 0 Å². The predicted octanol–water partition coefficient (Wildman–Crippen LogP) is 2.48. The van der Waals surface area contributed by atoms with Gasteiger partial charge in [-0.15, -0.1) is 0 Å². The number of cyclic esters (lactones) is 1. The first kappa shape index (κ1) is 15.8. The van der Waals surface area contributed by atoms with Gasteiger partial charge >= 0.3 is 5.97 Å². The van der Waals surface area contributed by atoms with Crippen LogP contribution in [0, 0.1) is 0 Å². The molecule has 1 aliphatic heterocycles. The topological polar surface area (TPSA) is 66.8 Å². The summed E-state index contributed by atoms with van der Waals surface area (Å²) < 4.78 is 4.97. The van der Waals surface area contributed by atoms with Gasteiger partial charge in [-0.05, 0) is 30.7 Å². The zero-order valence-corrected chi connectivity index (χ0v) is 12.9. The van der Waals surface area contributed by atoms with Crippen LogP contribution >= 0.6 is 0 Å². The lowest BCUT2D eigenvalue weighted by atomic mass is 10.0. The minimum Gasteiger partial charge on any atom is -0.511 e. The lowest BCUT2D eigenvalue weighted by Crippen LogP contribution is -2.27. The van der Waals surface area contributed by atoms with Crippen molar-refractivity contribution in [3.05, 3.63) is 47.2 Å². The summed E-state index contributed by atoms with van der Waals surface area (Å²) >= 11 is 0. The Morgan fingerprint density at radius 2 is 1.95 bits per heavy atom. The highest BCUT2D eigenvalue weighted by atomic mass is 16.5. The van der Waals surface area contributed by atoms with Crippen molar-refractivity contribution < 1.29 is 19.4 Å². The molecule has 0 spiro atoms. The van der Waals surface area contributed by atoms with Crippen molar-refractivity contribution >= 4 is 23.5 Å². The smallest absolute Gasteiger partial charge is 0.345 e. The number of carbonyl (C=O) groups is 2. The Kier molecular flexibility index (Phi) is 4.65. The van der Waals surface area contributed by atoms with Crippen LogP contribution in [-0.2, 0) is 14.3 Å². The Bertz CT molecular complexity index is 641. The molecule has 0 saturated carbocycles. The van der Waals surface area contributed by atoms with Gasteiger partial charge in [-0.2, -0.15) is 0 Å². The standard InChI is InChI=1S/C17H19NO4/c1-11-10-15(20)16(17(21)22-11)14(19)9-6-12-4-7-13(8-5-12)18(2)3/h4-9,11,20H,10H2,1-3H3. The van der Waals surface area contributed by atoms with Crippen molar-refractivity contribution in [1.29, 1.82) is 0 Å². The Labute approximate surface area is 129 Å². The molecular formula is C17H19NO4. The normalized spacial score (nSPS) is 18.5. The first-order valence-corrected chi connectivity index (χ1v) is 7.01. The highest BCUT2D eigenvalue weighted by molar-refractivity contribution is 6.23. The second kappa shape index (κ2) is 6.47. The first-order valence-electron chi connectivity index (χ1n) is 7.01. The van der Waals surface area contributed by atoms with Crippen LogP contribution in [0.4, 0.5) is 5.69 Å². The SMILES string of the molecule is CC1CC(O)=C(C(=O)C=Cc2ccc(N(C)C)cc2)C(=O)O1. The number of benzene rings is 1. The molecule has 1 heterocycles.